The van der Waals surface area contributed by atoms with Gasteiger partial charge < -0.3 is 10.6 Å². The van der Waals surface area contributed by atoms with E-state index in [9.17, 15) is 9.59 Å². The first-order chi connectivity index (χ1) is 11.8. The van der Waals surface area contributed by atoms with Crippen LogP contribution in [0.15, 0.2) is 65.0 Å². The number of nitrogens with one attached hydrogen (secondary N) is 2. The molecule has 5 nitrogen and oxygen atoms in total. The summed E-state index contributed by atoms with van der Waals surface area (Å²) >= 11 is 3.37. The molecule has 0 atom stereocenters. The molecule has 0 aliphatic rings. The van der Waals surface area contributed by atoms with Crippen molar-refractivity contribution in [3.8, 4) is 0 Å². The number of nitrogens with zero attached hydrogens (tertiary/aromatic N) is 1. The summed E-state index contributed by atoms with van der Waals surface area (Å²) in [7, 11) is 0. The summed E-state index contributed by atoms with van der Waals surface area (Å²) in [4.78, 5) is 28.9. The molecule has 0 saturated carbocycles. The first-order valence-electron chi connectivity index (χ1n) is 7.76. The average Bonchev–Trinajstić information content (AvgIpc) is 2.56. The zero-order valence-corrected chi connectivity index (χ0v) is 15.9. The first kappa shape index (κ1) is 18.9. The van der Waals surface area contributed by atoms with Gasteiger partial charge in [-0.2, -0.15) is 0 Å². The first-order valence-corrected chi connectivity index (χ1v) is 8.55. The van der Waals surface area contributed by atoms with Gasteiger partial charge in [0.05, 0.1) is 0 Å². The van der Waals surface area contributed by atoms with Crippen molar-refractivity contribution in [1.29, 1.82) is 0 Å². The molecule has 0 aliphatic heterocycles. The Balaban J connectivity index is 2.27. The maximum absolute atomic E-state index is 12.6. The highest BCUT2D eigenvalue weighted by atomic mass is 79.9. The fourth-order valence-corrected chi connectivity index (χ4v) is 2.09. The van der Waals surface area contributed by atoms with Crippen molar-refractivity contribution in [1.82, 2.24) is 4.98 Å². The van der Waals surface area contributed by atoms with E-state index in [0.717, 1.165) is 4.47 Å². The third kappa shape index (κ3) is 5.83. The summed E-state index contributed by atoms with van der Waals surface area (Å²) in [6.45, 7) is 5.43. The van der Waals surface area contributed by atoms with Crippen molar-refractivity contribution in [3.63, 3.8) is 0 Å². The number of amides is 1. The van der Waals surface area contributed by atoms with Crippen molar-refractivity contribution in [2.75, 3.05) is 10.6 Å². The molecule has 1 heterocycles. The summed E-state index contributed by atoms with van der Waals surface area (Å²) in [5.74, 6) is -0.538. The molecule has 2 N–H and O–H groups in total. The summed E-state index contributed by atoms with van der Waals surface area (Å²) in [5.41, 5.74) is 0.913. The Kier molecular flexibility index (Phi) is 6.09. The minimum absolute atomic E-state index is 0.142. The smallest absolute Gasteiger partial charge is 0.272 e. The molecular formula is C19H20BrN3O2. The number of halogens is 1. The standard InChI is InChI=1S/C19H20BrN3O2/c1-19(2,3)17(24)12-16(22-14-6-4-13(20)5-7-14)18(25)23-15-8-10-21-11-9-15/h4-12,22H,1-3H3,(H,21,23,25). The van der Waals surface area contributed by atoms with Crippen LogP contribution < -0.4 is 10.6 Å². The van der Waals surface area contributed by atoms with E-state index in [1.807, 2.05) is 45.0 Å². The van der Waals surface area contributed by atoms with Gasteiger partial charge in [-0.1, -0.05) is 36.7 Å². The Bertz CT molecular complexity index is 779. The molecule has 1 aromatic carbocycles. The minimum Gasteiger partial charge on any atom is -0.351 e. The van der Waals surface area contributed by atoms with E-state index in [-0.39, 0.29) is 11.5 Å². The van der Waals surface area contributed by atoms with Gasteiger partial charge in [-0.3, -0.25) is 14.6 Å². The van der Waals surface area contributed by atoms with Crippen LogP contribution in [-0.2, 0) is 9.59 Å². The second kappa shape index (κ2) is 8.07. The van der Waals surface area contributed by atoms with E-state index in [0.29, 0.717) is 11.4 Å². The maximum Gasteiger partial charge on any atom is 0.272 e. The van der Waals surface area contributed by atoms with Crippen molar-refractivity contribution >= 4 is 39.0 Å². The molecule has 1 amide bonds. The van der Waals surface area contributed by atoms with Gasteiger partial charge in [0, 0.05) is 39.7 Å². The van der Waals surface area contributed by atoms with Crippen LogP contribution in [0.4, 0.5) is 11.4 Å². The highest BCUT2D eigenvalue weighted by Crippen LogP contribution is 2.20. The molecule has 0 saturated heterocycles. The number of hydrogen-bond acceptors (Lipinski definition) is 4. The Morgan fingerprint density at radius 2 is 1.52 bits per heavy atom. The molecule has 1 aromatic heterocycles. The quantitative estimate of drug-likeness (QED) is 0.728. The highest BCUT2D eigenvalue weighted by Gasteiger charge is 2.22. The number of aromatic nitrogens is 1. The number of allylic oxidation sites excluding steroid dienone is 1. The molecule has 0 bridgehead atoms. The lowest BCUT2D eigenvalue weighted by atomic mass is 9.90. The van der Waals surface area contributed by atoms with E-state index in [2.05, 4.69) is 31.5 Å². The Morgan fingerprint density at radius 1 is 0.960 bits per heavy atom. The third-order valence-electron chi connectivity index (χ3n) is 3.32. The third-order valence-corrected chi connectivity index (χ3v) is 3.85. The average molecular weight is 402 g/mol. The lowest BCUT2D eigenvalue weighted by molar-refractivity contribution is -0.122. The monoisotopic (exact) mass is 401 g/mol. The van der Waals surface area contributed by atoms with Gasteiger partial charge in [0.15, 0.2) is 5.78 Å². The van der Waals surface area contributed by atoms with Crippen molar-refractivity contribution in [3.05, 3.63) is 65.0 Å². The van der Waals surface area contributed by atoms with Gasteiger partial charge in [0.25, 0.3) is 5.91 Å². The number of ketones is 1. The Labute approximate surface area is 155 Å². The van der Waals surface area contributed by atoms with Crippen LogP contribution in [0.5, 0.6) is 0 Å². The van der Waals surface area contributed by atoms with Crippen molar-refractivity contribution in [2.45, 2.75) is 20.8 Å². The second-order valence-electron chi connectivity index (χ2n) is 6.49. The predicted octanol–water partition coefficient (Wildman–Crippen LogP) is 4.39. The SMILES string of the molecule is CC(C)(C)C(=O)C=C(Nc1ccc(Br)cc1)C(=O)Nc1ccncc1. The summed E-state index contributed by atoms with van der Waals surface area (Å²) in [6, 6.07) is 10.7. The van der Waals surface area contributed by atoms with Gasteiger partial charge in [-0.15, -0.1) is 0 Å². The van der Waals surface area contributed by atoms with Crippen molar-refractivity contribution < 1.29 is 9.59 Å². The number of hydrogen-bond donors (Lipinski definition) is 2. The molecule has 2 rings (SSSR count). The van der Waals surface area contributed by atoms with Crippen LogP contribution in [0.2, 0.25) is 0 Å². The Morgan fingerprint density at radius 3 is 2.08 bits per heavy atom. The fraction of sp³-hybridized carbons (Fsp3) is 0.211. The number of carbonyl (C=O) groups excluding carboxylic acids is 2. The van der Waals surface area contributed by atoms with Crippen LogP contribution in [0.25, 0.3) is 0 Å². The van der Waals surface area contributed by atoms with E-state index in [1.54, 1.807) is 24.5 Å². The molecule has 0 fully saturated rings. The van der Waals surface area contributed by atoms with E-state index in [4.69, 9.17) is 0 Å². The number of pyridine rings is 1. The molecular weight excluding hydrogens is 382 g/mol. The lowest BCUT2D eigenvalue weighted by Crippen LogP contribution is -2.24. The minimum atomic E-state index is -0.580. The molecule has 0 aliphatic carbocycles. The predicted molar refractivity (Wildman–Crippen MR) is 103 cm³/mol. The van der Waals surface area contributed by atoms with Crippen LogP contribution in [0.1, 0.15) is 20.8 Å². The maximum atomic E-state index is 12.6. The molecule has 25 heavy (non-hydrogen) atoms. The number of rotatable bonds is 5. The lowest BCUT2D eigenvalue weighted by Gasteiger charge is -2.16. The van der Waals surface area contributed by atoms with Crippen LogP contribution >= 0.6 is 15.9 Å². The van der Waals surface area contributed by atoms with Crippen LogP contribution in [0.3, 0.4) is 0 Å². The molecule has 0 unspecified atom stereocenters. The van der Waals surface area contributed by atoms with Gasteiger partial charge >= 0.3 is 0 Å². The van der Waals surface area contributed by atoms with Crippen LogP contribution in [0, 0.1) is 5.41 Å². The number of carbonyl (C=O) groups is 2. The molecule has 2 aromatic rings. The van der Waals surface area contributed by atoms with Gasteiger partial charge in [0.2, 0.25) is 0 Å². The second-order valence-corrected chi connectivity index (χ2v) is 7.41. The molecule has 130 valence electrons. The summed E-state index contributed by atoms with van der Waals surface area (Å²) in [5, 5.41) is 5.78. The topological polar surface area (TPSA) is 71.1 Å². The van der Waals surface area contributed by atoms with E-state index >= 15 is 0 Å². The number of benzene rings is 1. The van der Waals surface area contributed by atoms with E-state index in [1.165, 1.54) is 6.08 Å². The summed E-state index contributed by atoms with van der Waals surface area (Å²) < 4.78 is 0.926. The fourth-order valence-electron chi connectivity index (χ4n) is 1.83. The Hall–Kier alpha value is -2.47. The van der Waals surface area contributed by atoms with Crippen LogP contribution in [-0.4, -0.2) is 16.7 Å². The zero-order valence-electron chi connectivity index (χ0n) is 14.3. The normalized spacial score (nSPS) is 11.8. The summed E-state index contributed by atoms with van der Waals surface area (Å²) in [6.07, 6.45) is 4.52. The van der Waals surface area contributed by atoms with Crippen molar-refractivity contribution in [2.24, 2.45) is 5.41 Å². The van der Waals surface area contributed by atoms with E-state index < -0.39 is 11.3 Å². The molecule has 0 spiro atoms. The van der Waals surface area contributed by atoms with Gasteiger partial charge in [0.1, 0.15) is 5.70 Å². The molecule has 6 heteroatoms. The van der Waals surface area contributed by atoms with Gasteiger partial charge in [-0.05, 0) is 36.4 Å². The largest absolute Gasteiger partial charge is 0.351 e. The highest BCUT2D eigenvalue weighted by molar-refractivity contribution is 9.10. The molecule has 0 radical (unpaired) electrons. The number of anilines is 2. The zero-order chi connectivity index (χ0) is 18.4. The van der Waals surface area contributed by atoms with Gasteiger partial charge in [-0.25, -0.2) is 0 Å².